The van der Waals surface area contributed by atoms with E-state index in [1.165, 1.54) is 0 Å². The van der Waals surface area contributed by atoms with E-state index in [1.54, 1.807) is 25.3 Å². The molecule has 0 spiro atoms. The van der Waals surface area contributed by atoms with Crippen LogP contribution in [-0.4, -0.2) is 22.1 Å². The molecule has 138 valence electrons. The van der Waals surface area contributed by atoms with Crippen molar-refractivity contribution in [2.75, 3.05) is 7.11 Å². The zero-order valence-corrected chi connectivity index (χ0v) is 17.7. The summed E-state index contributed by atoms with van der Waals surface area (Å²) in [7, 11) is 1.61. The fourth-order valence-electron chi connectivity index (χ4n) is 1.74. The third kappa shape index (κ3) is 6.45. The molecule has 0 unspecified atom stereocenters. The first-order valence-corrected chi connectivity index (χ1v) is 9.25. The Morgan fingerprint density at radius 3 is 1.73 bits per heavy atom. The molecule has 1 aromatic heterocycles. The lowest BCUT2D eigenvalue weighted by molar-refractivity contribution is 0.415. The molecule has 0 aliphatic heterocycles. The number of benzene rings is 1. The summed E-state index contributed by atoms with van der Waals surface area (Å²) in [5.74, 6) is 0.679. The van der Waals surface area contributed by atoms with Crippen LogP contribution in [0.3, 0.4) is 0 Å². The maximum atomic E-state index is 5.82. The van der Waals surface area contributed by atoms with E-state index in [2.05, 4.69) is 15.0 Å². The normalized spacial score (nSPS) is 12.9. The predicted octanol–water partition coefficient (Wildman–Crippen LogP) is 6.26. The first kappa shape index (κ1) is 21.5. The number of halogens is 6. The highest BCUT2D eigenvalue weighted by Crippen LogP contribution is 2.39. The number of aromatic nitrogens is 3. The van der Waals surface area contributed by atoms with Crippen molar-refractivity contribution in [1.82, 2.24) is 15.0 Å². The van der Waals surface area contributed by atoms with Gasteiger partial charge in [0.2, 0.25) is 7.59 Å². The lowest BCUT2D eigenvalue weighted by atomic mass is 10.2. The molecule has 26 heavy (non-hydrogen) atoms. The Hall–Kier alpha value is -0.750. The number of alkyl halides is 6. The highest BCUT2D eigenvalue weighted by atomic mass is 35.6. The van der Waals surface area contributed by atoms with E-state index in [-0.39, 0.29) is 17.5 Å². The molecule has 0 aliphatic rings. The van der Waals surface area contributed by atoms with E-state index in [4.69, 9.17) is 74.3 Å². The Morgan fingerprint density at radius 1 is 0.769 bits per heavy atom. The monoisotopic (exact) mass is 471 g/mol. The summed E-state index contributed by atoms with van der Waals surface area (Å²) in [4.78, 5) is 12.0. The number of allylic oxidation sites excluding steroid dienone is 2. The fourth-order valence-corrected chi connectivity index (χ4v) is 2.25. The zero-order chi connectivity index (χ0) is 19.4. The van der Waals surface area contributed by atoms with Crippen LogP contribution in [0.4, 0.5) is 0 Å². The van der Waals surface area contributed by atoms with E-state index in [0.717, 1.165) is 11.3 Å². The Morgan fingerprint density at radius 2 is 1.27 bits per heavy atom. The molecular formula is C16H11Cl6N3O. The van der Waals surface area contributed by atoms with Gasteiger partial charge in [-0.2, -0.15) is 0 Å². The second-order valence-electron chi connectivity index (χ2n) is 4.83. The van der Waals surface area contributed by atoms with Gasteiger partial charge in [-0.05, 0) is 23.8 Å². The maximum Gasteiger partial charge on any atom is 0.250 e. The molecule has 4 nitrogen and oxygen atoms in total. The summed E-state index contributed by atoms with van der Waals surface area (Å²) in [6.07, 6.45) is 6.93. The molecule has 0 fully saturated rings. The van der Waals surface area contributed by atoms with Crippen LogP contribution in [0.5, 0.6) is 5.75 Å². The van der Waals surface area contributed by atoms with Gasteiger partial charge in [-0.3, -0.25) is 0 Å². The van der Waals surface area contributed by atoms with Gasteiger partial charge in [0.05, 0.1) is 7.11 Å². The molecule has 0 bridgehead atoms. The van der Waals surface area contributed by atoms with Crippen molar-refractivity contribution in [3.05, 3.63) is 59.5 Å². The maximum absolute atomic E-state index is 5.82. The number of methoxy groups -OCH3 is 1. The zero-order valence-electron chi connectivity index (χ0n) is 13.1. The Bertz CT molecular complexity index is 778. The van der Waals surface area contributed by atoms with Crippen LogP contribution in [0.2, 0.25) is 0 Å². The number of hydrogen-bond acceptors (Lipinski definition) is 4. The van der Waals surface area contributed by atoms with Crippen LogP contribution < -0.4 is 4.74 Å². The quantitative estimate of drug-likeness (QED) is 0.388. The van der Waals surface area contributed by atoms with Gasteiger partial charge >= 0.3 is 0 Å². The molecule has 1 aromatic carbocycles. The smallest absolute Gasteiger partial charge is 0.250 e. The summed E-state index contributed by atoms with van der Waals surface area (Å²) in [6, 6.07) is 7.54. The highest BCUT2D eigenvalue weighted by molar-refractivity contribution is 6.67. The van der Waals surface area contributed by atoms with Crippen molar-refractivity contribution in [1.29, 1.82) is 0 Å². The van der Waals surface area contributed by atoms with Crippen molar-refractivity contribution >= 4 is 81.8 Å². The number of rotatable bonds is 4. The summed E-state index contributed by atoms with van der Waals surface area (Å²) in [5.41, 5.74) is 0.982. The lowest BCUT2D eigenvalue weighted by Crippen LogP contribution is -2.16. The van der Waals surface area contributed by atoms with Crippen LogP contribution in [0.1, 0.15) is 23.0 Å². The van der Waals surface area contributed by atoms with Crippen LogP contribution in [0.25, 0.3) is 12.2 Å². The first-order chi connectivity index (χ1) is 12.1. The first-order valence-electron chi connectivity index (χ1n) is 6.99. The molecule has 0 N–H and O–H groups in total. The summed E-state index contributed by atoms with van der Waals surface area (Å²) >= 11 is 34.9. The van der Waals surface area contributed by atoms with Crippen molar-refractivity contribution in [3.63, 3.8) is 0 Å². The molecule has 1 heterocycles. The minimum Gasteiger partial charge on any atom is -0.497 e. The molecule has 0 atom stereocenters. The van der Waals surface area contributed by atoms with Crippen molar-refractivity contribution in [2.45, 2.75) is 7.59 Å². The van der Waals surface area contributed by atoms with Gasteiger partial charge in [0.1, 0.15) is 5.75 Å². The molecule has 0 saturated carbocycles. The van der Waals surface area contributed by atoms with Crippen molar-refractivity contribution < 1.29 is 4.74 Å². The van der Waals surface area contributed by atoms with E-state index in [1.807, 2.05) is 30.3 Å². The molecule has 0 saturated heterocycles. The summed E-state index contributed by atoms with van der Waals surface area (Å²) in [5, 5.41) is 0. The molecule has 10 heteroatoms. The molecule has 0 amide bonds. The van der Waals surface area contributed by atoms with Gasteiger partial charge in [0.25, 0.3) is 0 Å². The van der Waals surface area contributed by atoms with E-state index in [0.29, 0.717) is 0 Å². The number of hydrogen-bond donors (Lipinski definition) is 0. The largest absolute Gasteiger partial charge is 0.497 e. The van der Waals surface area contributed by atoms with Gasteiger partial charge in [-0.25, -0.2) is 15.0 Å². The van der Waals surface area contributed by atoms with Crippen molar-refractivity contribution in [2.24, 2.45) is 0 Å². The minimum absolute atomic E-state index is 0.141. The van der Waals surface area contributed by atoms with Crippen LogP contribution in [0, 0.1) is 0 Å². The SMILES string of the molecule is COc1ccc(C=CC=Cc2nc(C(Cl)(Cl)Cl)nc(C(Cl)(Cl)Cl)n2)cc1. The minimum atomic E-state index is -1.88. The van der Waals surface area contributed by atoms with Crippen molar-refractivity contribution in [3.8, 4) is 5.75 Å². The lowest BCUT2D eigenvalue weighted by Gasteiger charge is -2.14. The van der Waals surface area contributed by atoms with Gasteiger partial charge in [-0.15, -0.1) is 0 Å². The predicted molar refractivity (Wildman–Crippen MR) is 109 cm³/mol. The van der Waals surface area contributed by atoms with E-state index < -0.39 is 7.59 Å². The van der Waals surface area contributed by atoms with Gasteiger partial charge < -0.3 is 4.74 Å². The molecule has 2 rings (SSSR count). The van der Waals surface area contributed by atoms with Gasteiger partial charge in [0.15, 0.2) is 17.5 Å². The number of nitrogens with zero attached hydrogens (tertiary/aromatic N) is 3. The van der Waals surface area contributed by atoms with E-state index >= 15 is 0 Å². The third-order valence-electron chi connectivity index (χ3n) is 2.92. The molecule has 0 aliphatic carbocycles. The average Bonchev–Trinajstić information content (AvgIpc) is 2.57. The van der Waals surface area contributed by atoms with Gasteiger partial charge in [-0.1, -0.05) is 100.0 Å². The third-order valence-corrected chi connectivity index (χ3v) is 3.93. The Balaban J connectivity index is 2.24. The Kier molecular flexibility index (Phi) is 7.43. The number of ether oxygens (including phenoxy) is 1. The second kappa shape index (κ2) is 8.96. The summed E-state index contributed by atoms with van der Waals surface area (Å²) < 4.78 is 1.35. The topological polar surface area (TPSA) is 47.9 Å². The second-order valence-corrected chi connectivity index (χ2v) is 9.39. The van der Waals surface area contributed by atoms with Crippen LogP contribution in [0.15, 0.2) is 36.4 Å². The van der Waals surface area contributed by atoms with E-state index in [9.17, 15) is 0 Å². The molecular weight excluding hydrogens is 463 g/mol. The van der Waals surface area contributed by atoms with Gasteiger partial charge in [0, 0.05) is 0 Å². The highest BCUT2D eigenvalue weighted by Gasteiger charge is 2.33. The molecule has 0 radical (unpaired) electrons. The Labute approximate surface area is 180 Å². The standard InChI is InChI=1S/C16H11Cl6N3O/c1-26-11-8-6-10(7-9-11)4-2-3-5-12-23-13(15(17,18)19)25-14(24-12)16(20,21)22/h2-9H,1H3. The van der Waals surface area contributed by atoms with Crippen LogP contribution in [-0.2, 0) is 7.59 Å². The van der Waals surface area contributed by atoms with Crippen LogP contribution >= 0.6 is 69.6 Å². The fraction of sp³-hybridized carbons (Fsp3) is 0.188. The average molecular weight is 474 g/mol. The summed E-state index contributed by atoms with van der Waals surface area (Å²) in [6.45, 7) is 0. The molecule has 2 aromatic rings.